The van der Waals surface area contributed by atoms with Gasteiger partial charge in [-0.25, -0.2) is 8.42 Å². The second kappa shape index (κ2) is 4.49. The van der Waals surface area contributed by atoms with Crippen molar-refractivity contribution in [2.75, 3.05) is 5.75 Å². The van der Waals surface area contributed by atoms with Gasteiger partial charge in [-0.1, -0.05) is 30.3 Å². The third kappa shape index (κ3) is 2.49. The van der Waals surface area contributed by atoms with E-state index in [1.807, 2.05) is 6.07 Å². The van der Waals surface area contributed by atoms with Crippen LogP contribution in [0.4, 0.5) is 0 Å². The molecule has 1 fully saturated rings. The summed E-state index contributed by atoms with van der Waals surface area (Å²) in [7, 11) is -3.21. The fourth-order valence-electron chi connectivity index (χ4n) is 2.21. The van der Waals surface area contributed by atoms with Crippen molar-refractivity contribution in [2.24, 2.45) is 5.92 Å². The van der Waals surface area contributed by atoms with Crippen LogP contribution in [0.15, 0.2) is 30.3 Å². The van der Waals surface area contributed by atoms with Crippen LogP contribution in [0.1, 0.15) is 23.7 Å². The molecule has 0 bridgehead atoms. The minimum Gasteiger partial charge on any atom is -0.481 e. The van der Waals surface area contributed by atoms with Crippen LogP contribution in [0.3, 0.4) is 0 Å². The number of hydrogen-bond acceptors (Lipinski definition) is 3. The third-order valence-corrected chi connectivity index (χ3v) is 5.34. The molecule has 1 heterocycles. The molecule has 0 saturated carbocycles. The van der Waals surface area contributed by atoms with Gasteiger partial charge in [-0.15, -0.1) is 0 Å². The summed E-state index contributed by atoms with van der Waals surface area (Å²) >= 11 is 0. The standard InChI is InChI=1S/C12H14O4S/c13-12(14)10-6-7-17(15,16)11(8-10)9-4-2-1-3-5-9/h1-5,10-11H,6-8H2,(H,13,14). The summed E-state index contributed by atoms with van der Waals surface area (Å²) in [5, 5.41) is 8.31. The zero-order valence-electron chi connectivity index (χ0n) is 9.24. The van der Waals surface area contributed by atoms with Crippen LogP contribution in [0.5, 0.6) is 0 Å². The van der Waals surface area contributed by atoms with Crippen molar-refractivity contribution in [3.63, 3.8) is 0 Å². The lowest BCUT2D eigenvalue weighted by Crippen LogP contribution is -2.31. The van der Waals surface area contributed by atoms with Gasteiger partial charge in [0.15, 0.2) is 9.84 Å². The van der Waals surface area contributed by atoms with E-state index in [0.29, 0.717) is 5.56 Å². The number of benzene rings is 1. The van der Waals surface area contributed by atoms with Crippen molar-refractivity contribution in [3.8, 4) is 0 Å². The molecule has 0 radical (unpaired) electrons. The van der Waals surface area contributed by atoms with Gasteiger partial charge in [0.25, 0.3) is 0 Å². The van der Waals surface area contributed by atoms with Gasteiger partial charge in [0.2, 0.25) is 0 Å². The minimum atomic E-state index is -3.21. The van der Waals surface area contributed by atoms with Crippen LogP contribution in [0, 0.1) is 5.92 Å². The Morgan fingerprint density at radius 3 is 2.47 bits per heavy atom. The van der Waals surface area contributed by atoms with Gasteiger partial charge in [-0.05, 0) is 18.4 Å². The summed E-state index contributed by atoms with van der Waals surface area (Å²) in [6, 6.07) is 8.84. The molecule has 4 nitrogen and oxygen atoms in total. The average molecular weight is 254 g/mol. The average Bonchev–Trinajstić information content (AvgIpc) is 2.29. The van der Waals surface area contributed by atoms with E-state index in [2.05, 4.69) is 0 Å². The second-order valence-electron chi connectivity index (χ2n) is 4.33. The first-order chi connectivity index (χ1) is 8.00. The lowest BCUT2D eigenvalue weighted by Gasteiger charge is -2.27. The second-order valence-corrected chi connectivity index (χ2v) is 6.63. The van der Waals surface area contributed by atoms with E-state index in [1.165, 1.54) is 0 Å². The van der Waals surface area contributed by atoms with Gasteiger partial charge in [0.1, 0.15) is 0 Å². The van der Waals surface area contributed by atoms with E-state index in [4.69, 9.17) is 5.11 Å². The smallest absolute Gasteiger partial charge is 0.306 e. The Hall–Kier alpha value is -1.36. The predicted octanol–water partition coefficient (Wildman–Crippen LogP) is 1.64. The number of carboxylic acid groups (broad SMARTS) is 1. The highest BCUT2D eigenvalue weighted by atomic mass is 32.2. The molecule has 1 saturated heterocycles. The highest BCUT2D eigenvalue weighted by molar-refractivity contribution is 7.91. The first-order valence-corrected chi connectivity index (χ1v) is 7.21. The quantitative estimate of drug-likeness (QED) is 0.870. The van der Waals surface area contributed by atoms with E-state index < -0.39 is 27.0 Å². The van der Waals surface area contributed by atoms with Crippen LogP contribution < -0.4 is 0 Å². The largest absolute Gasteiger partial charge is 0.481 e. The molecule has 2 atom stereocenters. The van der Waals surface area contributed by atoms with Crippen molar-refractivity contribution in [2.45, 2.75) is 18.1 Å². The molecule has 0 aromatic heterocycles. The third-order valence-electron chi connectivity index (χ3n) is 3.20. The summed E-state index contributed by atoms with van der Waals surface area (Å²) in [5.74, 6) is -1.49. The molecule has 92 valence electrons. The van der Waals surface area contributed by atoms with Gasteiger partial charge in [-0.3, -0.25) is 4.79 Å². The Balaban J connectivity index is 2.32. The molecule has 17 heavy (non-hydrogen) atoms. The Morgan fingerprint density at radius 2 is 1.88 bits per heavy atom. The maximum atomic E-state index is 12.0. The van der Waals surface area contributed by atoms with Crippen molar-refractivity contribution >= 4 is 15.8 Å². The molecular weight excluding hydrogens is 240 g/mol. The highest BCUT2D eigenvalue weighted by Gasteiger charge is 2.37. The van der Waals surface area contributed by atoms with E-state index in [1.54, 1.807) is 24.3 Å². The number of sulfone groups is 1. The Bertz CT molecular complexity index is 507. The molecule has 0 aliphatic carbocycles. The minimum absolute atomic E-state index is 0.0382. The number of rotatable bonds is 2. The van der Waals surface area contributed by atoms with Crippen LogP contribution in [-0.4, -0.2) is 25.2 Å². The molecular formula is C12H14O4S. The van der Waals surface area contributed by atoms with E-state index in [0.717, 1.165) is 0 Å². The molecule has 1 aliphatic heterocycles. The van der Waals surface area contributed by atoms with Gasteiger partial charge in [0.05, 0.1) is 16.9 Å². The first kappa shape index (κ1) is 12.1. The molecule has 1 N–H and O–H groups in total. The Labute approximate surface area is 100 Å². The molecule has 2 unspecified atom stereocenters. The summed E-state index contributed by atoms with van der Waals surface area (Å²) in [4.78, 5) is 10.9. The number of aliphatic carboxylic acids is 1. The molecule has 1 aromatic carbocycles. The highest BCUT2D eigenvalue weighted by Crippen LogP contribution is 2.36. The zero-order chi connectivity index (χ0) is 12.5. The number of carboxylic acids is 1. The van der Waals surface area contributed by atoms with Crippen molar-refractivity contribution in [1.29, 1.82) is 0 Å². The monoisotopic (exact) mass is 254 g/mol. The summed E-state index contributed by atoms with van der Waals surface area (Å²) in [6.45, 7) is 0. The Kier molecular flexibility index (Phi) is 3.19. The molecule has 0 amide bonds. The zero-order valence-corrected chi connectivity index (χ0v) is 10.1. The summed E-state index contributed by atoms with van der Waals surface area (Å²) < 4.78 is 23.9. The predicted molar refractivity (Wildman–Crippen MR) is 63.3 cm³/mol. The van der Waals surface area contributed by atoms with Crippen molar-refractivity contribution in [3.05, 3.63) is 35.9 Å². The molecule has 5 heteroatoms. The van der Waals surface area contributed by atoms with Gasteiger partial charge < -0.3 is 5.11 Å². The lowest BCUT2D eigenvalue weighted by atomic mass is 9.96. The normalized spacial score (nSPS) is 27.5. The van der Waals surface area contributed by atoms with Crippen molar-refractivity contribution in [1.82, 2.24) is 0 Å². The van der Waals surface area contributed by atoms with Gasteiger partial charge in [0, 0.05) is 0 Å². The SMILES string of the molecule is O=C(O)C1CCS(=O)(=O)C(c2ccccc2)C1. The van der Waals surface area contributed by atoms with Crippen LogP contribution in [0.2, 0.25) is 0 Å². The van der Waals surface area contributed by atoms with Gasteiger partial charge >= 0.3 is 5.97 Å². The van der Waals surface area contributed by atoms with E-state index in [9.17, 15) is 13.2 Å². The maximum absolute atomic E-state index is 12.0. The first-order valence-electron chi connectivity index (χ1n) is 5.50. The number of carbonyl (C=O) groups is 1. The summed E-state index contributed by atoms with van der Waals surface area (Å²) in [6.07, 6.45) is 0.405. The van der Waals surface area contributed by atoms with Gasteiger partial charge in [-0.2, -0.15) is 0 Å². The topological polar surface area (TPSA) is 71.4 Å². The molecule has 1 aromatic rings. The Morgan fingerprint density at radius 1 is 1.24 bits per heavy atom. The van der Waals surface area contributed by atoms with E-state index in [-0.39, 0.29) is 18.6 Å². The van der Waals surface area contributed by atoms with Crippen molar-refractivity contribution < 1.29 is 18.3 Å². The van der Waals surface area contributed by atoms with Crippen LogP contribution >= 0.6 is 0 Å². The fraction of sp³-hybridized carbons (Fsp3) is 0.417. The fourth-order valence-corrected chi connectivity index (χ4v) is 4.20. The lowest BCUT2D eigenvalue weighted by molar-refractivity contribution is -0.142. The maximum Gasteiger partial charge on any atom is 0.306 e. The van der Waals surface area contributed by atoms with Crippen LogP contribution in [-0.2, 0) is 14.6 Å². The molecule has 0 spiro atoms. The summed E-state index contributed by atoms with van der Waals surface area (Å²) in [5.41, 5.74) is 0.693. The van der Waals surface area contributed by atoms with E-state index >= 15 is 0 Å². The molecule has 1 aliphatic rings. The number of hydrogen-bond donors (Lipinski definition) is 1. The van der Waals surface area contributed by atoms with Crippen LogP contribution in [0.25, 0.3) is 0 Å². The molecule has 2 rings (SSSR count).